The summed E-state index contributed by atoms with van der Waals surface area (Å²) >= 11 is 6.45. The van der Waals surface area contributed by atoms with E-state index >= 15 is 0 Å². The summed E-state index contributed by atoms with van der Waals surface area (Å²) in [6.45, 7) is 5.34. The predicted octanol–water partition coefficient (Wildman–Crippen LogP) is 4.34. The molecule has 0 amide bonds. The first-order valence-corrected chi connectivity index (χ1v) is 6.95. The average molecular weight is 253 g/mol. The Hall–Kier alpha value is -0.530. The summed E-state index contributed by atoms with van der Waals surface area (Å²) < 4.78 is 5.63. The lowest BCUT2D eigenvalue weighted by molar-refractivity contribution is 0.107. The fourth-order valence-electron chi connectivity index (χ4n) is 2.36. The van der Waals surface area contributed by atoms with Gasteiger partial charge in [0, 0.05) is 6.61 Å². The van der Waals surface area contributed by atoms with E-state index in [-0.39, 0.29) is 11.5 Å². The van der Waals surface area contributed by atoms with Gasteiger partial charge in [0.25, 0.3) is 0 Å². The van der Waals surface area contributed by atoms with Crippen LogP contribution in [-0.4, -0.2) is 12.7 Å². The van der Waals surface area contributed by atoms with Crippen molar-refractivity contribution >= 4 is 11.6 Å². The molecule has 0 radical (unpaired) electrons. The van der Waals surface area contributed by atoms with E-state index in [4.69, 9.17) is 16.3 Å². The molecule has 2 heteroatoms. The third-order valence-corrected chi connectivity index (χ3v) is 3.77. The molecule has 2 unspecified atom stereocenters. The number of alkyl halides is 1. The molecule has 0 N–H and O–H groups in total. The summed E-state index contributed by atoms with van der Waals surface area (Å²) in [7, 11) is 0. The van der Waals surface area contributed by atoms with Gasteiger partial charge in [-0.1, -0.05) is 38.1 Å². The number of hydrogen-bond acceptors (Lipinski definition) is 1. The Morgan fingerprint density at radius 1 is 1.29 bits per heavy atom. The van der Waals surface area contributed by atoms with Crippen LogP contribution in [0.2, 0.25) is 0 Å². The molecule has 1 aliphatic rings. The van der Waals surface area contributed by atoms with E-state index in [0.717, 1.165) is 25.9 Å². The first kappa shape index (κ1) is 12.9. The van der Waals surface area contributed by atoms with Gasteiger partial charge in [0.15, 0.2) is 0 Å². The van der Waals surface area contributed by atoms with Crippen molar-refractivity contribution in [3.8, 4) is 0 Å². The molecule has 1 fully saturated rings. The molecule has 0 bridgehead atoms. The lowest BCUT2D eigenvalue weighted by Crippen LogP contribution is -2.12. The van der Waals surface area contributed by atoms with Gasteiger partial charge in [-0.3, -0.25) is 0 Å². The Labute approximate surface area is 109 Å². The minimum absolute atomic E-state index is 0.00519. The molecular formula is C15H21ClO. The molecule has 1 aromatic carbocycles. The van der Waals surface area contributed by atoms with Gasteiger partial charge in [0.1, 0.15) is 0 Å². The zero-order chi connectivity index (χ0) is 12.3. The van der Waals surface area contributed by atoms with Gasteiger partial charge in [0.05, 0.1) is 11.5 Å². The summed E-state index contributed by atoms with van der Waals surface area (Å²) in [6.07, 6.45) is 3.56. The van der Waals surface area contributed by atoms with Crippen molar-refractivity contribution in [2.75, 3.05) is 6.61 Å². The first-order valence-electron chi connectivity index (χ1n) is 6.51. The highest BCUT2D eigenvalue weighted by Gasteiger charge is 2.25. The molecule has 94 valence electrons. The van der Waals surface area contributed by atoms with E-state index in [1.54, 1.807) is 0 Å². The lowest BCUT2D eigenvalue weighted by Gasteiger charge is -2.17. The van der Waals surface area contributed by atoms with Crippen LogP contribution in [0.15, 0.2) is 24.3 Å². The SMILES string of the molecule is CC(C)Cc1ccc(C(Cl)C2CCCO2)cc1. The molecule has 17 heavy (non-hydrogen) atoms. The summed E-state index contributed by atoms with van der Waals surface area (Å²) in [5.74, 6) is 0.700. The lowest BCUT2D eigenvalue weighted by atomic mass is 9.99. The van der Waals surface area contributed by atoms with Crippen molar-refractivity contribution in [2.45, 2.75) is 44.6 Å². The van der Waals surface area contributed by atoms with E-state index in [9.17, 15) is 0 Å². The maximum absolute atomic E-state index is 6.45. The van der Waals surface area contributed by atoms with Gasteiger partial charge in [0.2, 0.25) is 0 Å². The monoisotopic (exact) mass is 252 g/mol. The van der Waals surface area contributed by atoms with Gasteiger partial charge in [-0.2, -0.15) is 0 Å². The predicted molar refractivity (Wildman–Crippen MR) is 72.6 cm³/mol. The Balaban J connectivity index is 2.01. The summed E-state index contributed by atoms with van der Waals surface area (Å²) in [5.41, 5.74) is 2.58. The highest BCUT2D eigenvalue weighted by Crippen LogP contribution is 2.32. The van der Waals surface area contributed by atoms with Crippen LogP contribution in [0.25, 0.3) is 0 Å². The van der Waals surface area contributed by atoms with E-state index in [1.165, 1.54) is 11.1 Å². The molecule has 2 atom stereocenters. The van der Waals surface area contributed by atoms with Crippen LogP contribution in [0, 0.1) is 5.92 Å². The molecule has 1 heterocycles. The second-order valence-electron chi connectivity index (χ2n) is 5.29. The normalized spacial score (nSPS) is 22.0. The van der Waals surface area contributed by atoms with Gasteiger partial charge in [-0.15, -0.1) is 11.6 Å². The minimum atomic E-state index is 0.00519. The van der Waals surface area contributed by atoms with Crippen molar-refractivity contribution < 1.29 is 4.74 Å². The zero-order valence-corrected chi connectivity index (χ0v) is 11.4. The number of rotatable bonds is 4. The molecule has 0 aliphatic carbocycles. The molecule has 0 aromatic heterocycles. The standard InChI is InChI=1S/C15H21ClO/c1-11(2)10-12-5-7-13(8-6-12)15(16)14-4-3-9-17-14/h5-8,11,14-15H,3-4,9-10H2,1-2H3. The van der Waals surface area contributed by atoms with Crippen LogP contribution in [0.4, 0.5) is 0 Å². The number of hydrogen-bond donors (Lipinski definition) is 0. The van der Waals surface area contributed by atoms with Crippen molar-refractivity contribution in [2.24, 2.45) is 5.92 Å². The third-order valence-electron chi connectivity index (χ3n) is 3.23. The van der Waals surface area contributed by atoms with Crippen molar-refractivity contribution in [1.29, 1.82) is 0 Å². The molecule has 2 rings (SSSR count). The maximum Gasteiger partial charge on any atom is 0.0847 e. The molecule has 1 aliphatic heterocycles. The topological polar surface area (TPSA) is 9.23 Å². The second kappa shape index (κ2) is 5.88. The third kappa shape index (κ3) is 3.46. The highest BCUT2D eigenvalue weighted by atomic mass is 35.5. The van der Waals surface area contributed by atoms with Crippen molar-refractivity contribution in [3.63, 3.8) is 0 Å². The Morgan fingerprint density at radius 2 is 2.00 bits per heavy atom. The highest BCUT2D eigenvalue weighted by molar-refractivity contribution is 6.21. The van der Waals surface area contributed by atoms with E-state index < -0.39 is 0 Å². The van der Waals surface area contributed by atoms with Crippen LogP contribution >= 0.6 is 11.6 Å². The van der Waals surface area contributed by atoms with Gasteiger partial charge in [-0.25, -0.2) is 0 Å². The maximum atomic E-state index is 6.45. The van der Waals surface area contributed by atoms with Gasteiger partial charge in [-0.05, 0) is 36.3 Å². The number of ether oxygens (including phenoxy) is 1. The van der Waals surface area contributed by atoms with Gasteiger partial charge >= 0.3 is 0 Å². The summed E-state index contributed by atoms with van der Waals surface area (Å²) in [6, 6.07) is 8.69. The number of benzene rings is 1. The van der Waals surface area contributed by atoms with Crippen LogP contribution in [0.3, 0.4) is 0 Å². The first-order chi connectivity index (χ1) is 8.16. The molecular weight excluding hydrogens is 232 g/mol. The Bertz CT molecular complexity index is 338. The zero-order valence-electron chi connectivity index (χ0n) is 10.7. The molecule has 1 aromatic rings. The van der Waals surface area contributed by atoms with Crippen LogP contribution < -0.4 is 0 Å². The van der Waals surface area contributed by atoms with Gasteiger partial charge < -0.3 is 4.74 Å². The Kier molecular flexibility index (Phi) is 4.47. The van der Waals surface area contributed by atoms with Crippen LogP contribution in [-0.2, 0) is 11.2 Å². The van der Waals surface area contributed by atoms with E-state index in [1.807, 2.05) is 0 Å². The molecule has 1 saturated heterocycles. The summed E-state index contributed by atoms with van der Waals surface area (Å²) in [4.78, 5) is 0. The van der Waals surface area contributed by atoms with Crippen molar-refractivity contribution in [3.05, 3.63) is 35.4 Å². The summed E-state index contributed by atoms with van der Waals surface area (Å²) in [5, 5.41) is 0.00519. The smallest absolute Gasteiger partial charge is 0.0847 e. The molecule has 0 saturated carbocycles. The second-order valence-corrected chi connectivity index (χ2v) is 5.76. The fourth-order valence-corrected chi connectivity index (χ4v) is 2.70. The average Bonchev–Trinajstić information content (AvgIpc) is 2.82. The largest absolute Gasteiger partial charge is 0.376 e. The molecule has 1 nitrogen and oxygen atoms in total. The minimum Gasteiger partial charge on any atom is -0.376 e. The fraction of sp³-hybridized carbons (Fsp3) is 0.600. The quantitative estimate of drug-likeness (QED) is 0.725. The Morgan fingerprint density at radius 3 is 2.53 bits per heavy atom. The van der Waals surface area contributed by atoms with E-state index in [2.05, 4.69) is 38.1 Å². The molecule has 0 spiro atoms. The van der Waals surface area contributed by atoms with Crippen LogP contribution in [0.1, 0.15) is 43.2 Å². The van der Waals surface area contributed by atoms with E-state index in [0.29, 0.717) is 5.92 Å². The van der Waals surface area contributed by atoms with Crippen molar-refractivity contribution in [1.82, 2.24) is 0 Å². The number of halogens is 1. The van der Waals surface area contributed by atoms with Crippen LogP contribution in [0.5, 0.6) is 0 Å².